The van der Waals surface area contributed by atoms with Gasteiger partial charge in [-0.15, -0.1) is 10.2 Å². The molecule has 4 heterocycles. The van der Waals surface area contributed by atoms with Crippen LogP contribution in [0.4, 0.5) is 10.2 Å². The highest BCUT2D eigenvalue weighted by atomic mass is 19.1. The fraction of sp³-hybridized carbons (Fsp3) is 0.190. The Labute approximate surface area is 175 Å². The molecular formula is C21H17FN6O3. The van der Waals surface area contributed by atoms with Crippen LogP contribution in [0.25, 0.3) is 16.8 Å². The normalized spacial score (nSPS) is 14.2. The van der Waals surface area contributed by atoms with E-state index in [1.165, 1.54) is 12.1 Å². The lowest BCUT2D eigenvalue weighted by molar-refractivity contribution is 0.0715. The van der Waals surface area contributed by atoms with Crippen molar-refractivity contribution in [1.29, 1.82) is 0 Å². The summed E-state index contributed by atoms with van der Waals surface area (Å²) in [5.74, 6) is 0.289. The van der Waals surface area contributed by atoms with Crippen LogP contribution >= 0.6 is 0 Å². The number of piperazine rings is 1. The lowest BCUT2D eigenvalue weighted by atomic mass is 10.2. The average molecular weight is 420 g/mol. The topological polar surface area (TPSA) is 97.4 Å². The Hall–Kier alpha value is -4.08. The van der Waals surface area contributed by atoms with Crippen LogP contribution in [-0.4, -0.2) is 57.0 Å². The van der Waals surface area contributed by atoms with Gasteiger partial charge in [0.15, 0.2) is 22.8 Å². The summed E-state index contributed by atoms with van der Waals surface area (Å²) in [6.45, 7) is 1.95. The van der Waals surface area contributed by atoms with E-state index in [2.05, 4.69) is 15.3 Å². The van der Waals surface area contributed by atoms with E-state index in [1.54, 1.807) is 28.0 Å². The second-order valence-corrected chi connectivity index (χ2v) is 7.09. The number of fused-ring (bicyclic) bond motifs is 1. The molecule has 1 aromatic carbocycles. The van der Waals surface area contributed by atoms with Gasteiger partial charge in [-0.2, -0.15) is 5.10 Å². The minimum absolute atomic E-state index is 0.0574. The molecule has 0 N–H and O–H groups in total. The number of anilines is 1. The minimum Gasteiger partial charge on any atom is -0.451 e. The van der Waals surface area contributed by atoms with E-state index in [1.807, 2.05) is 17.0 Å². The number of halogens is 1. The SMILES string of the molecule is O=C(c1cc(=O)c2ccc(F)cc2o1)N1CCN(c2ccc(-n3cccn3)nn2)CC1. The molecule has 0 unspecified atom stereocenters. The third-order valence-electron chi connectivity index (χ3n) is 5.17. The smallest absolute Gasteiger partial charge is 0.289 e. The monoisotopic (exact) mass is 420 g/mol. The van der Waals surface area contributed by atoms with E-state index in [0.717, 1.165) is 12.1 Å². The van der Waals surface area contributed by atoms with Crippen LogP contribution in [0.1, 0.15) is 10.6 Å². The fourth-order valence-electron chi connectivity index (χ4n) is 3.54. The van der Waals surface area contributed by atoms with Crippen molar-refractivity contribution in [2.45, 2.75) is 0 Å². The van der Waals surface area contributed by atoms with E-state index >= 15 is 0 Å². The highest BCUT2D eigenvalue weighted by Gasteiger charge is 2.25. The lowest BCUT2D eigenvalue weighted by Crippen LogP contribution is -2.49. The molecule has 5 rings (SSSR count). The number of benzene rings is 1. The Kier molecular flexibility index (Phi) is 4.66. The van der Waals surface area contributed by atoms with Gasteiger partial charge in [-0.1, -0.05) is 0 Å². The number of carbonyl (C=O) groups is 1. The van der Waals surface area contributed by atoms with Crippen molar-refractivity contribution in [3.63, 3.8) is 0 Å². The molecule has 10 heteroatoms. The molecule has 1 fully saturated rings. The molecule has 1 amide bonds. The van der Waals surface area contributed by atoms with Crippen molar-refractivity contribution in [1.82, 2.24) is 24.9 Å². The van der Waals surface area contributed by atoms with Crippen LogP contribution in [-0.2, 0) is 0 Å². The van der Waals surface area contributed by atoms with Gasteiger partial charge in [-0.3, -0.25) is 9.59 Å². The molecule has 156 valence electrons. The minimum atomic E-state index is -0.534. The molecule has 1 aliphatic heterocycles. The summed E-state index contributed by atoms with van der Waals surface area (Å²) in [7, 11) is 0. The molecule has 4 aromatic rings. The summed E-state index contributed by atoms with van der Waals surface area (Å²) in [4.78, 5) is 28.7. The summed E-state index contributed by atoms with van der Waals surface area (Å²) in [5, 5.41) is 12.8. The Balaban J connectivity index is 1.28. The molecule has 0 bridgehead atoms. The zero-order chi connectivity index (χ0) is 21.4. The molecule has 3 aromatic heterocycles. The number of amides is 1. The van der Waals surface area contributed by atoms with Gasteiger partial charge in [0, 0.05) is 50.7 Å². The molecule has 1 aliphatic rings. The third kappa shape index (κ3) is 3.63. The number of hydrogen-bond acceptors (Lipinski definition) is 7. The molecule has 1 saturated heterocycles. The van der Waals surface area contributed by atoms with Crippen molar-refractivity contribution < 1.29 is 13.6 Å². The van der Waals surface area contributed by atoms with Crippen LogP contribution < -0.4 is 10.3 Å². The van der Waals surface area contributed by atoms with Crippen molar-refractivity contribution in [2.75, 3.05) is 31.1 Å². The van der Waals surface area contributed by atoms with Crippen LogP contribution in [0.15, 0.2) is 64.1 Å². The van der Waals surface area contributed by atoms with Crippen molar-refractivity contribution in [2.24, 2.45) is 0 Å². The van der Waals surface area contributed by atoms with Gasteiger partial charge in [0.2, 0.25) is 0 Å². The maximum absolute atomic E-state index is 13.5. The predicted molar refractivity (Wildman–Crippen MR) is 110 cm³/mol. The zero-order valence-corrected chi connectivity index (χ0v) is 16.3. The van der Waals surface area contributed by atoms with Crippen molar-refractivity contribution in [3.8, 4) is 5.82 Å². The van der Waals surface area contributed by atoms with Gasteiger partial charge in [-0.25, -0.2) is 9.07 Å². The first-order valence-corrected chi connectivity index (χ1v) is 9.70. The molecule has 0 spiro atoms. The standard InChI is InChI=1S/C21H17FN6O3/c22-14-2-3-15-16(29)13-18(31-17(15)12-14)21(30)27-10-8-26(9-11-27)19-4-5-20(25-24-19)28-7-1-6-23-28/h1-7,12-13H,8-11H2. The van der Waals surface area contributed by atoms with E-state index < -0.39 is 11.7 Å². The summed E-state index contributed by atoms with van der Waals surface area (Å²) in [6.07, 6.45) is 3.45. The molecule has 0 radical (unpaired) electrons. The van der Waals surface area contributed by atoms with E-state index in [4.69, 9.17) is 4.42 Å². The second kappa shape index (κ2) is 7.63. The first kappa shape index (κ1) is 18.9. The van der Waals surface area contributed by atoms with Crippen LogP contribution in [0, 0.1) is 5.82 Å². The summed E-state index contributed by atoms with van der Waals surface area (Å²) < 4.78 is 20.6. The largest absolute Gasteiger partial charge is 0.451 e. The number of hydrogen-bond donors (Lipinski definition) is 0. The van der Waals surface area contributed by atoms with Gasteiger partial charge in [0.25, 0.3) is 5.91 Å². The predicted octanol–water partition coefficient (Wildman–Crippen LogP) is 1.87. The van der Waals surface area contributed by atoms with Crippen LogP contribution in [0.3, 0.4) is 0 Å². The number of rotatable bonds is 3. The van der Waals surface area contributed by atoms with Crippen molar-refractivity contribution in [3.05, 3.63) is 76.7 Å². The fourth-order valence-corrected chi connectivity index (χ4v) is 3.54. The van der Waals surface area contributed by atoms with Crippen LogP contribution in [0.2, 0.25) is 0 Å². The number of aromatic nitrogens is 4. The van der Waals surface area contributed by atoms with Gasteiger partial charge in [0.1, 0.15) is 11.4 Å². The Morgan fingerprint density at radius 1 is 1.00 bits per heavy atom. The molecule has 31 heavy (non-hydrogen) atoms. The van der Waals surface area contributed by atoms with E-state index in [0.29, 0.717) is 37.8 Å². The third-order valence-corrected chi connectivity index (χ3v) is 5.17. The summed E-state index contributed by atoms with van der Waals surface area (Å²) >= 11 is 0. The summed E-state index contributed by atoms with van der Waals surface area (Å²) in [6, 6.07) is 10.3. The quantitative estimate of drug-likeness (QED) is 0.499. The Morgan fingerprint density at radius 2 is 1.77 bits per heavy atom. The van der Waals surface area contributed by atoms with E-state index in [9.17, 15) is 14.0 Å². The van der Waals surface area contributed by atoms with Gasteiger partial charge >= 0.3 is 0 Å². The average Bonchev–Trinajstić information content (AvgIpc) is 3.33. The first-order chi connectivity index (χ1) is 15.1. The maximum Gasteiger partial charge on any atom is 0.289 e. The number of carbonyl (C=O) groups excluding carboxylic acids is 1. The Morgan fingerprint density at radius 3 is 2.48 bits per heavy atom. The molecular weight excluding hydrogens is 403 g/mol. The number of nitrogens with zero attached hydrogens (tertiary/aromatic N) is 6. The summed E-state index contributed by atoms with van der Waals surface area (Å²) in [5.41, 5.74) is -0.321. The molecule has 0 aliphatic carbocycles. The highest BCUT2D eigenvalue weighted by molar-refractivity contribution is 5.93. The molecule has 0 saturated carbocycles. The highest BCUT2D eigenvalue weighted by Crippen LogP contribution is 2.18. The maximum atomic E-state index is 13.5. The van der Waals surface area contributed by atoms with Gasteiger partial charge in [0.05, 0.1) is 5.39 Å². The molecule has 9 nitrogen and oxygen atoms in total. The van der Waals surface area contributed by atoms with E-state index in [-0.39, 0.29) is 22.2 Å². The zero-order valence-electron chi connectivity index (χ0n) is 16.3. The lowest BCUT2D eigenvalue weighted by Gasteiger charge is -2.34. The molecule has 0 atom stereocenters. The van der Waals surface area contributed by atoms with Gasteiger partial charge in [-0.05, 0) is 30.3 Å². The first-order valence-electron chi connectivity index (χ1n) is 9.70. The van der Waals surface area contributed by atoms with Gasteiger partial charge < -0.3 is 14.2 Å². The van der Waals surface area contributed by atoms with Crippen molar-refractivity contribution >= 4 is 22.7 Å². The second-order valence-electron chi connectivity index (χ2n) is 7.09. The Bertz CT molecular complexity index is 1300. The van der Waals surface area contributed by atoms with Crippen LogP contribution in [0.5, 0.6) is 0 Å².